The molecule has 4 nitrogen and oxygen atoms in total. The van der Waals surface area contributed by atoms with E-state index >= 15 is 0 Å². The lowest BCUT2D eigenvalue weighted by atomic mass is 10.2. The molecule has 146 valence electrons. The summed E-state index contributed by atoms with van der Waals surface area (Å²) < 4.78 is 10.0. The topological polar surface area (TPSA) is 52.6 Å². The maximum absolute atomic E-state index is 11.6. The van der Waals surface area contributed by atoms with Crippen LogP contribution in [0, 0.1) is 0 Å². The fourth-order valence-corrected chi connectivity index (χ4v) is 1.96. The van der Waals surface area contributed by atoms with Gasteiger partial charge in [-0.05, 0) is 35.4 Å². The van der Waals surface area contributed by atoms with Gasteiger partial charge in [0.25, 0.3) is 0 Å². The highest BCUT2D eigenvalue weighted by atomic mass is 35.5. The molecule has 0 heterocycles. The van der Waals surface area contributed by atoms with E-state index < -0.39 is 18.4 Å². The van der Waals surface area contributed by atoms with E-state index in [1.807, 2.05) is 0 Å². The fraction of sp³-hybridized carbons (Fsp3) is 0.333. The van der Waals surface area contributed by atoms with Crippen molar-refractivity contribution in [2.24, 2.45) is 0 Å². The second-order valence-electron chi connectivity index (χ2n) is 5.75. The van der Waals surface area contributed by atoms with Gasteiger partial charge in [-0.25, -0.2) is 0 Å². The first kappa shape index (κ1) is 23.0. The smallest absolute Gasteiger partial charge is 0.317 e. The molecule has 0 bridgehead atoms. The Balaban J connectivity index is 0.000000828. The standard InChI is InChI=1S/C17H14Cl2O4.C4H10/c18-14-5-1-12(2-6-14)10-22-16(20)9-17(21)23-11-13-3-7-15(19)8-4-13;1-3-4-2/h1-8H,9-11H2;3-4H2,1-2H3. The molecule has 0 atom stereocenters. The number of carbonyl (C=O) groups excluding carboxylic acids is 2. The monoisotopic (exact) mass is 410 g/mol. The van der Waals surface area contributed by atoms with E-state index in [1.165, 1.54) is 12.8 Å². The lowest BCUT2D eigenvalue weighted by Crippen LogP contribution is -2.13. The van der Waals surface area contributed by atoms with Crippen LogP contribution >= 0.6 is 23.2 Å². The average molecular weight is 411 g/mol. The number of hydrogen-bond acceptors (Lipinski definition) is 4. The second kappa shape index (κ2) is 13.2. The Morgan fingerprint density at radius 3 is 1.33 bits per heavy atom. The number of hydrogen-bond donors (Lipinski definition) is 0. The van der Waals surface area contributed by atoms with E-state index in [4.69, 9.17) is 32.7 Å². The van der Waals surface area contributed by atoms with E-state index in [0.29, 0.717) is 10.0 Å². The molecule has 6 heteroatoms. The zero-order chi connectivity index (χ0) is 20.1. The number of rotatable bonds is 7. The zero-order valence-corrected chi connectivity index (χ0v) is 17.1. The minimum absolute atomic E-state index is 0.0838. The van der Waals surface area contributed by atoms with Gasteiger partial charge >= 0.3 is 11.9 Å². The van der Waals surface area contributed by atoms with E-state index in [1.54, 1.807) is 48.5 Å². The van der Waals surface area contributed by atoms with Crippen LogP contribution in [0.2, 0.25) is 10.0 Å². The lowest BCUT2D eigenvalue weighted by molar-refractivity contribution is -0.156. The molecule has 0 aliphatic rings. The molecular formula is C21H24Cl2O4. The molecule has 2 aromatic rings. The van der Waals surface area contributed by atoms with Gasteiger partial charge < -0.3 is 9.47 Å². The highest BCUT2D eigenvalue weighted by Gasteiger charge is 2.12. The molecule has 0 spiro atoms. The van der Waals surface area contributed by atoms with Gasteiger partial charge in [0.05, 0.1) is 0 Å². The minimum atomic E-state index is -0.638. The first-order valence-electron chi connectivity index (χ1n) is 8.74. The van der Waals surface area contributed by atoms with Crippen molar-refractivity contribution in [3.05, 3.63) is 69.7 Å². The Kier molecular flexibility index (Phi) is 11.2. The average Bonchev–Trinajstić information content (AvgIpc) is 2.67. The van der Waals surface area contributed by atoms with Crippen molar-refractivity contribution in [1.29, 1.82) is 0 Å². The molecule has 0 aliphatic heterocycles. The summed E-state index contributed by atoms with van der Waals surface area (Å²) in [5.74, 6) is -1.28. The molecule has 0 radical (unpaired) electrons. The minimum Gasteiger partial charge on any atom is -0.460 e. The van der Waals surface area contributed by atoms with Gasteiger partial charge in [0.2, 0.25) is 0 Å². The third-order valence-electron chi connectivity index (χ3n) is 3.41. The predicted octanol–water partition coefficient (Wildman–Crippen LogP) is 5.98. The van der Waals surface area contributed by atoms with Crippen LogP contribution in [0.25, 0.3) is 0 Å². The molecule has 0 amide bonds. The summed E-state index contributed by atoms with van der Waals surface area (Å²) in [6.45, 7) is 4.53. The van der Waals surface area contributed by atoms with Crippen LogP contribution in [-0.2, 0) is 32.3 Å². The molecule has 0 aliphatic carbocycles. The molecule has 2 aromatic carbocycles. The lowest BCUT2D eigenvalue weighted by Gasteiger charge is -2.06. The van der Waals surface area contributed by atoms with Crippen molar-refractivity contribution >= 4 is 35.1 Å². The maximum atomic E-state index is 11.6. The Hall–Kier alpha value is -2.04. The first-order valence-corrected chi connectivity index (χ1v) is 9.50. The largest absolute Gasteiger partial charge is 0.460 e. The molecule has 0 aromatic heterocycles. The third-order valence-corrected chi connectivity index (χ3v) is 3.92. The number of esters is 2. The Labute approximate surface area is 170 Å². The first-order chi connectivity index (χ1) is 12.9. The highest BCUT2D eigenvalue weighted by molar-refractivity contribution is 6.30. The Morgan fingerprint density at radius 2 is 1.04 bits per heavy atom. The van der Waals surface area contributed by atoms with E-state index in [9.17, 15) is 9.59 Å². The second-order valence-corrected chi connectivity index (χ2v) is 6.62. The highest BCUT2D eigenvalue weighted by Crippen LogP contribution is 2.12. The van der Waals surface area contributed by atoms with E-state index in [2.05, 4.69) is 13.8 Å². The van der Waals surface area contributed by atoms with Gasteiger partial charge in [-0.3, -0.25) is 9.59 Å². The van der Waals surface area contributed by atoms with E-state index in [0.717, 1.165) is 11.1 Å². The summed E-state index contributed by atoms with van der Waals surface area (Å²) in [6.07, 6.45) is 2.21. The molecule has 0 saturated carbocycles. The Bertz CT molecular complexity index is 636. The number of unbranched alkanes of at least 4 members (excludes halogenated alkanes) is 1. The summed E-state index contributed by atoms with van der Waals surface area (Å²) in [4.78, 5) is 23.2. The Morgan fingerprint density at radius 1 is 0.704 bits per heavy atom. The van der Waals surface area contributed by atoms with Crippen LogP contribution in [-0.4, -0.2) is 11.9 Å². The normalized spacial score (nSPS) is 9.78. The number of ether oxygens (including phenoxy) is 2. The van der Waals surface area contributed by atoms with Crippen molar-refractivity contribution in [2.45, 2.75) is 46.3 Å². The van der Waals surface area contributed by atoms with Crippen molar-refractivity contribution in [1.82, 2.24) is 0 Å². The molecule has 2 rings (SSSR count). The van der Waals surface area contributed by atoms with Crippen LogP contribution in [0.1, 0.15) is 44.2 Å². The van der Waals surface area contributed by atoms with Crippen LogP contribution in [0.4, 0.5) is 0 Å². The summed E-state index contributed by atoms with van der Waals surface area (Å²) >= 11 is 11.5. The van der Waals surface area contributed by atoms with Crippen LogP contribution in [0.15, 0.2) is 48.5 Å². The number of carbonyl (C=O) groups is 2. The predicted molar refractivity (Wildman–Crippen MR) is 108 cm³/mol. The van der Waals surface area contributed by atoms with Gasteiger partial charge in [0.15, 0.2) is 0 Å². The van der Waals surface area contributed by atoms with Gasteiger partial charge in [-0.1, -0.05) is 74.2 Å². The third kappa shape index (κ3) is 10.6. The summed E-state index contributed by atoms with van der Waals surface area (Å²) in [5.41, 5.74) is 1.58. The van der Waals surface area contributed by atoms with Gasteiger partial charge in [0.1, 0.15) is 19.6 Å². The van der Waals surface area contributed by atoms with Gasteiger partial charge in [-0.2, -0.15) is 0 Å². The number of benzene rings is 2. The van der Waals surface area contributed by atoms with Crippen LogP contribution in [0.3, 0.4) is 0 Å². The van der Waals surface area contributed by atoms with Crippen molar-refractivity contribution in [2.75, 3.05) is 0 Å². The summed E-state index contributed by atoms with van der Waals surface area (Å²) in [6, 6.07) is 13.8. The van der Waals surface area contributed by atoms with Crippen LogP contribution < -0.4 is 0 Å². The quantitative estimate of drug-likeness (QED) is 0.416. The van der Waals surface area contributed by atoms with Crippen molar-refractivity contribution in [3.8, 4) is 0 Å². The van der Waals surface area contributed by atoms with Gasteiger partial charge in [-0.15, -0.1) is 0 Å². The van der Waals surface area contributed by atoms with Crippen LogP contribution in [0.5, 0.6) is 0 Å². The molecular weight excluding hydrogens is 387 g/mol. The van der Waals surface area contributed by atoms with Crippen molar-refractivity contribution < 1.29 is 19.1 Å². The number of halogens is 2. The molecule has 27 heavy (non-hydrogen) atoms. The maximum Gasteiger partial charge on any atom is 0.317 e. The molecule has 0 fully saturated rings. The zero-order valence-electron chi connectivity index (χ0n) is 15.5. The fourth-order valence-electron chi connectivity index (χ4n) is 1.71. The molecule has 0 saturated heterocycles. The van der Waals surface area contributed by atoms with E-state index in [-0.39, 0.29) is 13.2 Å². The van der Waals surface area contributed by atoms with Gasteiger partial charge in [0, 0.05) is 10.0 Å². The summed E-state index contributed by atoms with van der Waals surface area (Å²) in [5, 5.41) is 1.21. The summed E-state index contributed by atoms with van der Waals surface area (Å²) in [7, 11) is 0. The molecule has 0 unspecified atom stereocenters. The molecule has 0 N–H and O–H groups in total. The van der Waals surface area contributed by atoms with Crippen molar-refractivity contribution in [3.63, 3.8) is 0 Å². The SMILES string of the molecule is CCCC.O=C(CC(=O)OCc1ccc(Cl)cc1)OCc1ccc(Cl)cc1.